The molecule has 5 heteroatoms. The number of aryl methyl sites for hydroxylation is 2. The van der Waals surface area contributed by atoms with Gasteiger partial charge in [-0.15, -0.1) is 10.2 Å². The molecule has 2 aromatic heterocycles. The summed E-state index contributed by atoms with van der Waals surface area (Å²) in [5, 5.41) is 11.8. The zero-order chi connectivity index (χ0) is 8.55. The van der Waals surface area contributed by atoms with Crippen LogP contribution >= 0.6 is 0 Å². The average Bonchev–Trinajstić information content (AvgIpc) is 2.58. The summed E-state index contributed by atoms with van der Waals surface area (Å²) in [5.74, 6) is 0.694. The molecule has 0 fully saturated rings. The molecule has 2 heterocycles. The van der Waals surface area contributed by atoms with Gasteiger partial charge in [0.05, 0.1) is 5.69 Å². The van der Waals surface area contributed by atoms with Gasteiger partial charge in [-0.3, -0.25) is 0 Å². The molecule has 5 nitrogen and oxygen atoms in total. The van der Waals surface area contributed by atoms with Crippen LogP contribution in [0.1, 0.15) is 5.69 Å². The van der Waals surface area contributed by atoms with E-state index in [-0.39, 0.29) is 0 Å². The maximum absolute atomic E-state index is 4.15. The van der Waals surface area contributed by atoms with E-state index in [1.807, 2.05) is 14.0 Å². The molecule has 61 valence electrons. The molecule has 0 aromatic carbocycles. The third-order valence-electron chi connectivity index (χ3n) is 1.55. The summed E-state index contributed by atoms with van der Waals surface area (Å²) in [7, 11) is 1.87. The number of hydrogen-bond acceptors (Lipinski definition) is 3. The van der Waals surface area contributed by atoms with Gasteiger partial charge in [0, 0.05) is 19.3 Å². The monoisotopic (exact) mass is 162 g/mol. The van der Waals surface area contributed by atoms with Crippen molar-refractivity contribution in [3.8, 4) is 5.95 Å². The lowest BCUT2D eigenvalue weighted by molar-refractivity contribution is 0.742. The van der Waals surface area contributed by atoms with E-state index in [1.165, 1.54) is 0 Å². The highest BCUT2D eigenvalue weighted by Crippen LogP contribution is 2.00. The van der Waals surface area contributed by atoms with E-state index in [2.05, 4.69) is 21.4 Å². The molecule has 0 aliphatic carbocycles. The second-order valence-electron chi connectivity index (χ2n) is 2.55. The van der Waals surface area contributed by atoms with Crippen molar-refractivity contribution in [2.45, 2.75) is 6.92 Å². The van der Waals surface area contributed by atoms with Crippen molar-refractivity contribution in [3.05, 3.63) is 24.3 Å². The van der Waals surface area contributed by atoms with Gasteiger partial charge in [0.1, 0.15) is 6.33 Å². The van der Waals surface area contributed by atoms with Crippen LogP contribution in [0.15, 0.2) is 12.5 Å². The molecule has 0 N–H and O–H groups in total. The predicted octanol–water partition coefficient (Wildman–Crippen LogP) is 0.109. The van der Waals surface area contributed by atoms with Crippen LogP contribution in [0, 0.1) is 13.0 Å². The smallest absolute Gasteiger partial charge is 0.251 e. The van der Waals surface area contributed by atoms with Crippen LogP contribution in [0.4, 0.5) is 0 Å². The molecule has 0 saturated heterocycles. The SMILES string of the molecule is Cc1[c]cn(-c2nncn2C)n1. The summed E-state index contributed by atoms with van der Waals surface area (Å²) in [6.45, 7) is 1.88. The van der Waals surface area contributed by atoms with Gasteiger partial charge in [0.25, 0.3) is 5.95 Å². The van der Waals surface area contributed by atoms with Gasteiger partial charge in [0.15, 0.2) is 0 Å². The first-order valence-electron chi connectivity index (χ1n) is 3.55. The van der Waals surface area contributed by atoms with Crippen LogP contribution in [0.3, 0.4) is 0 Å². The number of nitrogens with zero attached hydrogens (tertiary/aromatic N) is 5. The van der Waals surface area contributed by atoms with Crippen molar-refractivity contribution in [1.82, 2.24) is 24.5 Å². The predicted molar refractivity (Wildman–Crippen MR) is 41.7 cm³/mol. The molecule has 1 radical (unpaired) electrons. The highest BCUT2D eigenvalue weighted by Gasteiger charge is 2.03. The Balaban J connectivity index is 2.50. The zero-order valence-corrected chi connectivity index (χ0v) is 6.89. The van der Waals surface area contributed by atoms with Crippen LogP contribution in [0.25, 0.3) is 5.95 Å². The molecular formula is C7H8N5. The number of rotatable bonds is 1. The van der Waals surface area contributed by atoms with Gasteiger partial charge in [-0.25, -0.2) is 4.68 Å². The van der Waals surface area contributed by atoms with Crippen molar-refractivity contribution >= 4 is 0 Å². The van der Waals surface area contributed by atoms with Crippen LogP contribution in [-0.4, -0.2) is 24.5 Å². The first-order chi connectivity index (χ1) is 5.77. The Hall–Kier alpha value is -1.65. The highest BCUT2D eigenvalue weighted by molar-refractivity contribution is 5.09. The van der Waals surface area contributed by atoms with E-state index >= 15 is 0 Å². The van der Waals surface area contributed by atoms with E-state index in [4.69, 9.17) is 0 Å². The molecule has 12 heavy (non-hydrogen) atoms. The molecule has 0 aliphatic heterocycles. The van der Waals surface area contributed by atoms with Gasteiger partial charge in [-0.05, 0) is 6.92 Å². The minimum absolute atomic E-state index is 0.694. The third-order valence-corrected chi connectivity index (χ3v) is 1.55. The molecule has 0 spiro atoms. The molecule has 0 saturated carbocycles. The van der Waals surface area contributed by atoms with Crippen molar-refractivity contribution in [2.24, 2.45) is 7.05 Å². The van der Waals surface area contributed by atoms with Crippen LogP contribution < -0.4 is 0 Å². The Morgan fingerprint density at radius 1 is 1.50 bits per heavy atom. The maximum atomic E-state index is 4.15. The lowest BCUT2D eigenvalue weighted by Crippen LogP contribution is -2.03. The summed E-state index contributed by atoms with van der Waals surface area (Å²) in [6, 6.07) is 2.95. The molecule has 2 aromatic rings. The standard InChI is InChI=1S/C7H8N5/c1-6-3-4-12(10-6)7-9-8-5-11(7)2/h4-5H,1-2H3. The summed E-state index contributed by atoms with van der Waals surface area (Å²) in [5.41, 5.74) is 0.845. The quantitative estimate of drug-likeness (QED) is 0.598. The van der Waals surface area contributed by atoms with Crippen LogP contribution in [0.5, 0.6) is 0 Å². The topological polar surface area (TPSA) is 48.5 Å². The van der Waals surface area contributed by atoms with Gasteiger partial charge >= 0.3 is 0 Å². The Morgan fingerprint density at radius 3 is 2.83 bits per heavy atom. The molecular weight excluding hydrogens is 154 g/mol. The fourth-order valence-corrected chi connectivity index (χ4v) is 0.961. The maximum Gasteiger partial charge on any atom is 0.251 e. The van der Waals surface area contributed by atoms with Crippen molar-refractivity contribution in [3.63, 3.8) is 0 Å². The zero-order valence-electron chi connectivity index (χ0n) is 6.89. The van der Waals surface area contributed by atoms with Gasteiger partial charge in [0.2, 0.25) is 0 Å². The minimum atomic E-state index is 0.694. The normalized spacial score (nSPS) is 10.5. The van der Waals surface area contributed by atoms with E-state index in [9.17, 15) is 0 Å². The second kappa shape index (κ2) is 2.44. The molecule has 0 bridgehead atoms. The second-order valence-corrected chi connectivity index (χ2v) is 2.55. The van der Waals surface area contributed by atoms with E-state index in [0.717, 1.165) is 5.69 Å². The Bertz CT molecular complexity index is 386. The van der Waals surface area contributed by atoms with E-state index < -0.39 is 0 Å². The molecule has 0 unspecified atom stereocenters. The van der Waals surface area contributed by atoms with Gasteiger partial charge in [-0.1, -0.05) is 0 Å². The van der Waals surface area contributed by atoms with Crippen molar-refractivity contribution < 1.29 is 0 Å². The molecule has 0 aliphatic rings. The van der Waals surface area contributed by atoms with Crippen molar-refractivity contribution in [2.75, 3.05) is 0 Å². The fourth-order valence-electron chi connectivity index (χ4n) is 0.961. The summed E-state index contributed by atoms with van der Waals surface area (Å²) in [4.78, 5) is 0. The van der Waals surface area contributed by atoms with Crippen LogP contribution in [-0.2, 0) is 7.05 Å². The Kier molecular flexibility index (Phi) is 1.43. The fraction of sp³-hybridized carbons (Fsp3) is 0.286. The van der Waals surface area contributed by atoms with E-state index in [1.54, 1.807) is 21.8 Å². The largest absolute Gasteiger partial charge is 0.301 e. The lowest BCUT2D eigenvalue weighted by atomic mass is 10.5. The molecule has 0 atom stereocenters. The van der Waals surface area contributed by atoms with Crippen molar-refractivity contribution in [1.29, 1.82) is 0 Å². The Morgan fingerprint density at radius 2 is 2.33 bits per heavy atom. The average molecular weight is 162 g/mol. The summed E-state index contributed by atoms with van der Waals surface area (Å²) < 4.78 is 3.43. The Labute approximate surface area is 69.7 Å². The first-order valence-corrected chi connectivity index (χ1v) is 3.55. The molecule has 2 rings (SSSR count). The summed E-state index contributed by atoms with van der Waals surface area (Å²) >= 11 is 0. The number of aromatic nitrogens is 5. The minimum Gasteiger partial charge on any atom is -0.301 e. The van der Waals surface area contributed by atoms with Gasteiger partial charge in [-0.2, -0.15) is 5.10 Å². The number of hydrogen-bond donors (Lipinski definition) is 0. The van der Waals surface area contributed by atoms with Crippen LogP contribution in [0.2, 0.25) is 0 Å². The lowest BCUT2D eigenvalue weighted by Gasteiger charge is -1.97. The third kappa shape index (κ3) is 0.990. The summed E-state index contributed by atoms with van der Waals surface area (Å²) in [6.07, 6.45) is 3.37. The highest BCUT2D eigenvalue weighted by atomic mass is 15.4. The van der Waals surface area contributed by atoms with Gasteiger partial charge < -0.3 is 4.57 Å². The molecule has 0 amide bonds. The first kappa shape index (κ1) is 7.02. The van der Waals surface area contributed by atoms with E-state index in [0.29, 0.717) is 5.95 Å².